The minimum absolute atomic E-state index is 0.0980. The van der Waals surface area contributed by atoms with E-state index < -0.39 is 0 Å². The van der Waals surface area contributed by atoms with Crippen LogP contribution in [0, 0.1) is 5.92 Å². The Morgan fingerprint density at radius 1 is 1.74 bits per heavy atom. The number of anilines is 1. The van der Waals surface area contributed by atoms with E-state index in [2.05, 4.69) is 15.6 Å². The SMILES string of the molecule is CC1OCCC1C(=O)Nc1c(C(N)=NO)cnn1C. The average Bonchev–Trinajstić information content (AvgIpc) is 2.96. The van der Waals surface area contributed by atoms with Crippen LogP contribution in [0.15, 0.2) is 11.4 Å². The van der Waals surface area contributed by atoms with E-state index in [4.69, 9.17) is 15.7 Å². The first-order valence-corrected chi connectivity index (χ1v) is 5.97. The van der Waals surface area contributed by atoms with E-state index in [-0.39, 0.29) is 23.8 Å². The molecular formula is C11H17N5O3. The molecule has 1 aromatic rings. The van der Waals surface area contributed by atoms with Gasteiger partial charge in [0.25, 0.3) is 0 Å². The Balaban J connectivity index is 2.19. The van der Waals surface area contributed by atoms with Crippen LogP contribution in [0.25, 0.3) is 0 Å². The zero-order chi connectivity index (χ0) is 14.0. The minimum Gasteiger partial charge on any atom is -0.409 e. The van der Waals surface area contributed by atoms with Crippen molar-refractivity contribution in [3.8, 4) is 0 Å². The molecule has 19 heavy (non-hydrogen) atoms. The van der Waals surface area contributed by atoms with Crippen molar-refractivity contribution in [1.82, 2.24) is 9.78 Å². The first-order chi connectivity index (χ1) is 9.04. The highest BCUT2D eigenvalue weighted by Crippen LogP contribution is 2.23. The topological polar surface area (TPSA) is 115 Å². The van der Waals surface area contributed by atoms with Gasteiger partial charge in [-0.15, -0.1) is 0 Å². The van der Waals surface area contributed by atoms with Gasteiger partial charge in [0.15, 0.2) is 5.84 Å². The van der Waals surface area contributed by atoms with Gasteiger partial charge in [0, 0.05) is 13.7 Å². The van der Waals surface area contributed by atoms with Crippen molar-refractivity contribution >= 4 is 17.6 Å². The number of rotatable bonds is 3. The molecule has 104 valence electrons. The smallest absolute Gasteiger partial charge is 0.231 e. The summed E-state index contributed by atoms with van der Waals surface area (Å²) in [5.74, 6) is -0.0471. The van der Waals surface area contributed by atoms with Crippen molar-refractivity contribution < 1.29 is 14.7 Å². The fourth-order valence-electron chi connectivity index (χ4n) is 2.11. The van der Waals surface area contributed by atoms with Gasteiger partial charge in [-0.2, -0.15) is 5.10 Å². The number of nitrogens with zero attached hydrogens (tertiary/aromatic N) is 3. The molecule has 0 radical (unpaired) electrons. The summed E-state index contributed by atoms with van der Waals surface area (Å²) in [5.41, 5.74) is 5.92. The fraction of sp³-hybridized carbons (Fsp3) is 0.545. The molecule has 0 saturated carbocycles. The fourth-order valence-corrected chi connectivity index (χ4v) is 2.11. The quantitative estimate of drug-likeness (QED) is 0.305. The van der Waals surface area contributed by atoms with Gasteiger partial charge in [-0.1, -0.05) is 5.16 Å². The number of hydrogen-bond donors (Lipinski definition) is 3. The highest BCUT2D eigenvalue weighted by atomic mass is 16.5. The Labute approximate surface area is 110 Å². The first kappa shape index (κ1) is 13.3. The number of oxime groups is 1. The lowest BCUT2D eigenvalue weighted by molar-refractivity contribution is -0.121. The van der Waals surface area contributed by atoms with E-state index in [1.165, 1.54) is 10.9 Å². The average molecular weight is 267 g/mol. The van der Waals surface area contributed by atoms with Crippen LogP contribution >= 0.6 is 0 Å². The second-order valence-corrected chi connectivity index (χ2v) is 4.48. The van der Waals surface area contributed by atoms with Gasteiger partial charge >= 0.3 is 0 Å². The van der Waals surface area contributed by atoms with E-state index in [0.717, 1.165) is 0 Å². The summed E-state index contributed by atoms with van der Waals surface area (Å²) in [6.45, 7) is 2.45. The highest BCUT2D eigenvalue weighted by molar-refractivity contribution is 6.04. The molecule has 0 aliphatic carbocycles. The summed E-state index contributed by atoms with van der Waals surface area (Å²) < 4.78 is 6.83. The van der Waals surface area contributed by atoms with Crippen LogP contribution < -0.4 is 11.1 Å². The van der Waals surface area contributed by atoms with Crippen LogP contribution in [-0.4, -0.2) is 39.4 Å². The maximum Gasteiger partial charge on any atom is 0.231 e. The molecule has 1 aliphatic rings. The van der Waals surface area contributed by atoms with Gasteiger partial charge in [-0.05, 0) is 13.3 Å². The summed E-state index contributed by atoms with van der Waals surface area (Å²) in [6.07, 6.45) is 2.00. The van der Waals surface area contributed by atoms with Crippen molar-refractivity contribution in [2.45, 2.75) is 19.4 Å². The standard InChI is InChI=1S/C11H17N5O3/c1-6-7(3-4-19-6)11(17)14-10-8(9(12)15-18)5-13-16(10)2/h5-7,18H,3-4H2,1-2H3,(H2,12,15)(H,14,17). The number of carbonyl (C=O) groups excluding carboxylic acids is 1. The summed E-state index contributed by atoms with van der Waals surface area (Å²) in [5, 5.41) is 18.4. The van der Waals surface area contributed by atoms with Crippen LogP contribution in [0.5, 0.6) is 0 Å². The summed E-state index contributed by atoms with van der Waals surface area (Å²) in [6, 6.07) is 0. The zero-order valence-electron chi connectivity index (χ0n) is 10.8. The molecule has 2 heterocycles. The van der Waals surface area contributed by atoms with E-state index in [1.807, 2.05) is 6.92 Å². The monoisotopic (exact) mass is 267 g/mol. The summed E-state index contributed by atoms with van der Waals surface area (Å²) in [4.78, 5) is 12.2. The molecule has 4 N–H and O–H groups in total. The number of amidine groups is 1. The number of nitrogens with one attached hydrogen (secondary N) is 1. The Morgan fingerprint density at radius 3 is 3.05 bits per heavy atom. The van der Waals surface area contributed by atoms with Gasteiger partial charge < -0.3 is 21.0 Å². The predicted octanol–water partition coefficient (Wildman–Crippen LogP) is -0.122. The number of amides is 1. The molecule has 1 aliphatic heterocycles. The molecule has 2 atom stereocenters. The number of aromatic nitrogens is 2. The Morgan fingerprint density at radius 2 is 2.47 bits per heavy atom. The molecule has 1 saturated heterocycles. The third kappa shape index (κ3) is 2.53. The first-order valence-electron chi connectivity index (χ1n) is 5.97. The normalized spacial score (nSPS) is 23.6. The van der Waals surface area contributed by atoms with Crippen molar-refractivity contribution in [3.05, 3.63) is 11.8 Å². The van der Waals surface area contributed by atoms with Crippen molar-refractivity contribution in [2.75, 3.05) is 11.9 Å². The Hall–Kier alpha value is -2.09. The molecule has 2 unspecified atom stereocenters. The zero-order valence-corrected chi connectivity index (χ0v) is 10.8. The molecule has 8 nitrogen and oxygen atoms in total. The predicted molar refractivity (Wildman–Crippen MR) is 67.9 cm³/mol. The van der Waals surface area contributed by atoms with Gasteiger partial charge in [-0.3, -0.25) is 9.48 Å². The lowest BCUT2D eigenvalue weighted by Gasteiger charge is -2.14. The lowest BCUT2D eigenvalue weighted by Crippen LogP contribution is -2.29. The number of nitrogens with two attached hydrogens (primary N) is 1. The van der Waals surface area contributed by atoms with E-state index in [0.29, 0.717) is 24.4 Å². The molecule has 2 rings (SSSR count). The van der Waals surface area contributed by atoms with Crippen molar-refractivity contribution in [1.29, 1.82) is 0 Å². The number of carbonyl (C=O) groups is 1. The van der Waals surface area contributed by atoms with Crippen LogP contribution in [0.2, 0.25) is 0 Å². The van der Waals surface area contributed by atoms with Gasteiger partial charge in [0.05, 0.1) is 23.8 Å². The largest absolute Gasteiger partial charge is 0.409 e. The molecular weight excluding hydrogens is 250 g/mol. The van der Waals surface area contributed by atoms with Crippen LogP contribution in [-0.2, 0) is 16.6 Å². The molecule has 0 spiro atoms. The molecule has 1 aromatic heterocycles. The molecule has 1 fully saturated rings. The maximum atomic E-state index is 12.2. The molecule has 1 amide bonds. The molecule has 0 bridgehead atoms. The number of aryl methyl sites for hydroxylation is 1. The third-order valence-electron chi connectivity index (χ3n) is 3.28. The van der Waals surface area contributed by atoms with E-state index >= 15 is 0 Å². The number of ether oxygens (including phenoxy) is 1. The summed E-state index contributed by atoms with van der Waals surface area (Å²) >= 11 is 0. The van der Waals surface area contributed by atoms with Gasteiger partial charge in [0.2, 0.25) is 5.91 Å². The maximum absolute atomic E-state index is 12.2. The highest BCUT2D eigenvalue weighted by Gasteiger charge is 2.31. The molecule has 0 aromatic carbocycles. The summed E-state index contributed by atoms with van der Waals surface area (Å²) in [7, 11) is 1.67. The van der Waals surface area contributed by atoms with E-state index in [9.17, 15) is 4.79 Å². The van der Waals surface area contributed by atoms with Crippen LogP contribution in [0.3, 0.4) is 0 Å². The molecule has 8 heteroatoms. The van der Waals surface area contributed by atoms with Gasteiger partial charge in [0.1, 0.15) is 5.82 Å². The van der Waals surface area contributed by atoms with Crippen LogP contribution in [0.1, 0.15) is 18.9 Å². The second kappa shape index (κ2) is 5.27. The lowest BCUT2D eigenvalue weighted by atomic mass is 10.0. The third-order valence-corrected chi connectivity index (χ3v) is 3.28. The second-order valence-electron chi connectivity index (χ2n) is 4.48. The Kier molecular flexibility index (Phi) is 3.70. The van der Waals surface area contributed by atoms with Crippen molar-refractivity contribution in [2.24, 2.45) is 23.9 Å². The number of hydrogen-bond acceptors (Lipinski definition) is 5. The van der Waals surface area contributed by atoms with Crippen molar-refractivity contribution in [3.63, 3.8) is 0 Å². The Bertz CT molecular complexity index is 510. The van der Waals surface area contributed by atoms with E-state index in [1.54, 1.807) is 7.05 Å². The van der Waals surface area contributed by atoms with Gasteiger partial charge in [-0.25, -0.2) is 0 Å². The minimum atomic E-state index is -0.199. The van der Waals surface area contributed by atoms with Crippen LogP contribution in [0.4, 0.5) is 5.82 Å².